The van der Waals surface area contributed by atoms with Gasteiger partial charge in [-0.3, -0.25) is 5.43 Å². The molecule has 0 amide bonds. The lowest BCUT2D eigenvalue weighted by molar-refractivity contribution is 0.0728. The Balaban J connectivity index is 1.60. The third-order valence-electron chi connectivity index (χ3n) is 5.19. The standard InChI is InChI=1S/C25H31N3O4S/c1-3-30-21-13-11-19(12-14-21)24(29)32-22-15-10-18(16-23(22)31-4-2)17-26-28-25(33)27-20-8-6-5-7-9-20/h10-17,20H,3-9H2,1-2H3,(H2,27,28,33)/b26-17-. The van der Waals surface area contributed by atoms with E-state index in [1.807, 2.05) is 13.8 Å². The summed E-state index contributed by atoms with van der Waals surface area (Å²) in [5, 5.41) is 8.04. The third kappa shape index (κ3) is 7.75. The van der Waals surface area contributed by atoms with Gasteiger partial charge in [-0.15, -0.1) is 0 Å². The van der Waals surface area contributed by atoms with Crippen molar-refractivity contribution in [2.45, 2.75) is 52.0 Å². The Bertz CT molecular complexity index is 957. The molecule has 0 unspecified atom stereocenters. The molecule has 0 spiro atoms. The average molecular weight is 470 g/mol. The molecule has 1 fully saturated rings. The first kappa shape index (κ1) is 24.5. The van der Waals surface area contributed by atoms with Gasteiger partial charge in [-0.2, -0.15) is 5.10 Å². The van der Waals surface area contributed by atoms with E-state index in [9.17, 15) is 4.79 Å². The summed E-state index contributed by atoms with van der Waals surface area (Å²) < 4.78 is 16.7. The summed E-state index contributed by atoms with van der Waals surface area (Å²) in [4.78, 5) is 12.6. The topological polar surface area (TPSA) is 81.2 Å². The molecular weight excluding hydrogens is 438 g/mol. The molecule has 176 valence electrons. The van der Waals surface area contributed by atoms with Gasteiger partial charge in [-0.1, -0.05) is 19.3 Å². The number of thiocarbonyl (C=S) groups is 1. The normalized spacial score (nSPS) is 14.0. The van der Waals surface area contributed by atoms with Crippen molar-refractivity contribution in [1.29, 1.82) is 0 Å². The molecule has 0 radical (unpaired) electrons. The van der Waals surface area contributed by atoms with E-state index in [0.717, 1.165) is 18.4 Å². The quantitative estimate of drug-likeness (QED) is 0.179. The van der Waals surface area contributed by atoms with Gasteiger partial charge < -0.3 is 19.5 Å². The molecule has 0 bridgehead atoms. The van der Waals surface area contributed by atoms with Crippen molar-refractivity contribution in [3.8, 4) is 17.2 Å². The van der Waals surface area contributed by atoms with Gasteiger partial charge in [0.25, 0.3) is 0 Å². The van der Waals surface area contributed by atoms with Crippen molar-refractivity contribution in [1.82, 2.24) is 10.7 Å². The number of benzene rings is 2. The Kier molecular flexibility index (Phi) is 9.50. The van der Waals surface area contributed by atoms with Crippen molar-refractivity contribution in [2.24, 2.45) is 5.10 Å². The van der Waals surface area contributed by atoms with Gasteiger partial charge in [-0.05, 0) is 86.9 Å². The Labute approximate surface area is 200 Å². The van der Waals surface area contributed by atoms with Gasteiger partial charge in [0, 0.05) is 6.04 Å². The van der Waals surface area contributed by atoms with E-state index in [2.05, 4.69) is 15.8 Å². The highest BCUT2D eigenvalue weighted by molar-refractivity contribution is 7.80. The minimum absolute atomic E-state index is 0.343. The lowest BCUT2D eigenvalue weighted by Crippen LogP contribution is -2.40. The van der Waals surface area contributed by atoms with E-state index in [1.54, 1.807) is 48.7 Å². The van der Waals surface area contributed by atoms with Crippen molar-refractivity contribution in [2.75, 3.05) is 13.2 Å². The van der Waals surface area contributed by atoms with Gasteiger partial charge in [-0.25, -0.2) is 4.79 Å². The van der Waals surface area contributed by atoms with E-state index < -0.39 is 5.97 Å². The molecule has 3 rings (SSSR count). The largest absolute Gasteiger partial charge is 0.494 e. The maximum absolute atomic E-state index is 12.6. The van der Waals surface area contributed by atoms with Crippen LogP contribution in [0.15, 0.2) is 47.6 Å². The van der Waals surface area contributed by atoms with Crippen LogP contribution in [0.4, 0.5) is 0 Å². The molecule has 1 saturated carbocycles. The maximum Gasteiger partial charge on any atom is 0.343 e. The summed E-state index contributed by atoms with van der Waals surface area (Å²) >= 11 is 5.33. The number of nitrogens with zero attached hydrogens (tertiary/aromatic N) is 1. The van der Waals surface area contributed by atoms with E-state index in [4.69, 9.17) is 26.4 Å². The summed E-state index contributed by atoms with van der Waals surface area (Å²) in [7, 11) is 0. The number of nitrogens with one attached hydrogen (secondary N) is 2. The molecule has 2 aromatic carbocycles. The second-order valence-electron chi connectivity index (χ2n) is 7.66. The monoisotopic (exact) mass is 469 g/mol. The smallest absolute Gasteiger partial charge is 0.343 e. The Hall–Kier alpha value is -3.13. The summed E-state index contributed by atoms with van der Waals surface area (Å²) in [5.74, 6) is 1.04. The van der Waals surface area contributed by atoms with Crippen LogP contribution in [0, 0.1) is 0 Å². The van der Waals surface area contributed by atoms with Crippen LogP contribution >= 0.6 is 12.2 Å². The zero-order chi connectivity index (χ0) is 23.5. The number of hydrazone groups is 1. The number of hydrogen-bond acceptors (Lipinski definition) is 6. The molecule has 0 aromatic heterocycles. The van der Waals surface area contributed by atoms with Crippen LogP contribution in [0.5, 0.6) is 17.2 Å². The SMILES string of the molecule is CCOc1ccc(C(=O)Oc2ccc(/C=N\NC(=S)NC3CCCCC3)cc2OCC)cc1. The molecule has 1 aliphatic rings. The number of rotatable bonds is 9. The number of ether oxygens (including phenoxy) is 3. The van der Waals surface area contributed by atoms with E-state index >= 15 is 0 Å². The number of hydrogen-bond donors (Lipinski definition) is 2. The fourth-order valence-electron chi connectivity index (χ4n) is 3.60. The molecule has 0 saturated heterocycles. The second-order valence-corrected chi connectivity index (χ2v) is 8.07. The van der Waals surface area contributed by atoms with Gasteiger partial charge in [0.2, 0.25) is 0 Å². The lowest BCUT2D eigenvalue weighted by Gasteiger charge is -2.23. The van der Waals surface area contributed by atoms with Gasteiger partial charge >= 0.3 is 5.97 Å². The van der Waals surface area contributed by atoms with Gasteiger partial charge in [0.15, 0.2) is 16.6 Å². The van der Waals surface area contributed by atoms with E-state index in [0.29, 0.717) is 47.2 Å². The first-order valence-corrected chi connectivity index (χ1v) is 11.8. The molecule has 0 aliphatic heterocycles. The van der Waals surface area contributed by atoms with E-state index in [1.165, 1.54) is 19.3 Å². The molecule has 1 aliphatic carbocycles. The number of carbonyl (C=O) groups is 1. The van der Waals surface area contributed by atoms with Crippen molar-refractivity contribution >= 4 is 29.5 Å². The Morgan fingerprint density at radius 3 is 2.45 bits per heavy atom. The van der Waals surface area contributed by atoms with Crippen LogP contribution in [0.2, 0.25) is 0 Å². The summed E-state index contributed by atoms with van der Waals surface area (Å²) in [6, 6.07) is 12.5. The summed E-state index contributed by atoms with van der Waals surface area (Å²) in [5.41, 5.74) is 4.08. The summed E-state index contributed by atoms with van der Waals surface area (Å²) in [6.45, 7) is 4.78. The fraction of sp³-hybridized carbons (Fsp3) is 0.400. The minimum Gasteiger partial charge on any atom is -0.494 e. The van der Waals surface area contributed by atoms with Crippen LogP contribution in [-0.2, 0) is 0 Å². The van der Waals surface area contributed by atoms with Crippen molar-refractivity contribution in [3.63, 3.8) is 0 Å². The second kappa shape index (κ2) is 12.8. The fourth-order valence-corrected chi connectivity index (χ4v) is 3.82. The van der Waals surface area contributed by atoms with Crippen molar-refractivity contribution < 1.29 is 19.0 Å². The highest BCUT2D eigenvalue weighted by atomic mass is 32.1. The third-order valence-corrected chi connectivity index (χ3v) is 5.40. The van der Waals surface area contributed by atoms with Crippen LogP contribution in [0.3, 0.4) is 0 Å². The zero-order valence-corrected chi connectivity index (χ0v) is 20.0. The number of esters is 1. The highest BCUT2D eigenvalue weighted by Gasteiger charge is 2.15. The molecule has 8 heteroatoms. The Morgan fingerprint density at radius 1 is 1.03 bits per heavy atom. The molecule has 0 atom stereocenters. The van der Waals surface area contributed by atoms with Crippen molar-refractivity contribution in [3.05, 3.63) is 53.6 Å². The predicted molar refractivity (Wildman–Crippen MR) is 134 cm³/mol. The van der Waals surface area contributed by atoms with E-state index in [-0.39, 0.29) is 0 Å². The summed E-state index contributed by atoms with van der Waals surface area (Å²) in [6.07, 6.45) is 7.69. The maximum atomic E-state index is 12.6. The predicted octanol–water partition coefficient (Wildman–Crippen LogP) is 4.83. The van der Waals surface area contributed by atoms with Gasteiger partial charge in [0.05, 0.1) is 25.0 Å². The highest BCUT2D eigenvalue weighted by Crippen LogP contribution is 2.29. The molecule has 2 N–H and O–H groups in total. The van der Waals surface area contributed by atoms with Crippen LogP contribution < -0.4 is 25.0 Å². The molecule has 0 heterocycles. The first-order valence-electron chi connectivity index (χ1n) is 11.4. The molecule has 2 aromatic rings. The first-order chi connectivity index (χ1) is 16.1. The van der Waals surface area contributed by atoms with Gasteiger partial charge in [0.1, 0.15) is 5.75 Å². The van der Waals surface area contributed by atoms with Crippen LogP contribution in [0.25, 0.3) is 0 Å². The molecule has 33 heavy (non-hydrogen) atoms. The van der Waals surface area contributed by atoms with Crippen LogP contribution in [0.1, 0.15) is 61.9 Å². The zero-order valence-electron chi connectivity index (χ0n) is 19.1. The Morgan fingerprint density at radius 2 is 1.76 bits per heavy atom. The lowest BCUT2D eigenvalue weighted by atomic mass is 9.96. The molecule has 7 nitrogen and oxygen atoms in total. The minimum atomic E-state index is -0.471. The van der Waals surface area contributed by atoms with Crippen LogP contribution in [-0.4, -0.2) is 36.6 Å². The average Bonchev–Trinajstić information content (AvgIpc) is 2.82. The number of carbonyl (C=O) groups excluding carboxylic acids is 1. The molecular formula is C25H31N3O4S.